The number of nitrogens with one attached hydrogen (secondary N) is 3. The van der Waals surface area contributed by atoms with Crippen molar-refractivity contribution in [2.75, 3.05) is 42.4 Å². The quantitative estimate of drug-likeness (QED) is 0.417. The van der Waals surface area contributed by atoms with Crippen LogP contribution in [0.1, 0.15) is 18.5 Å². The molecule has 3 N–H and O–H groups in total. The van der Waals surface area contributed by atoms with E-state index in [-0.39, 0.29) is 11.8 Å². The highest BCUT2D eigenvalue weighted by atomic mass is 32.2. The molecule has 1 amide bonds. The Morgan fingerprint density at radius 3 is 2.14 bits per heavy atom. The number of sulfonamides is 1. The molecule has 0 saturated carbocycles. The fourth-order valence-electron chi connectivity index (χ4n) is 3.97. The standard InChI is InChI=1S/C25H30N6O4S/c1-17-16-23(27-19-8-10-22(35-2)11-9-19)30-25(26-17)29-21-6-4-20(5-7-21)28-24(32)18-12-14-31(15-13-18)36(3,33)34/h4-11,16,18H,12-15H2,1-3H3,(H,28,32)(H2,26,27,29,30). The molecule has 2 heterocycles. The summed E-state index contributed by atoms with van der Waals surface area (Å²) in [7, 11) is -1.59. The number of piperidine rings is 1. The summed E-state index contributed by atoms with van der Waals surface area (Å²) in [5, 5.41) is 9.38. The van der Waals surface area contributed by atoms with Gasteiger partial charge in [0.05, 0.1) is 13.4 Å². The van der Waals surface area contributed by atoms with Crippen LogP contribution >= 0.6 is 0 Å². The molecule has 10 nitrogen and oxygen atoms in total. The van der Waals surface area contributed by atoms with E-state index >= 15 is 0 Å². The van der Waals surface area contributed by atoms with E-state index in [2.05, 4.69) is 25.9 Å². The number of aromatic nitrogens is 2. The number of nitrogens with zero attached hydrogens (tertiary/aromatic N) is 3. The van der Waals surface area contributed by atoms with E-state index in [1.165, 1.54) is 10.6 Å². The maximum atomic E-state index is 12.6. The molecule has 0 aliphatic carbocycles. The number of benzene rings is 2. The molecule has 0 radical (unpaired) electrons. The zero-order valence-corrected chi connectivity index (χ0v) is 21.3. The van der Waals surface area contributed by atoms with E-state index in [0.29, 0.717) is 43.4 Å². The second-order valence-electron chi connectivity index (χ2n) is 8.70. The first-order valence-corrected chi connectivity index (χ1v) is 13.4. The second-order valence-corrected chi connectivity index (χ2v) is 10.7. The molecular formula is C25H30N6O4S. The summed E-state index contributed by atoms with van der Waals surface area (Å²) in [4.78, 5) is 21.6. The molecule has 36 heavy (non-hydrogen) atoms. The van der Waals surface area contributed by atoms with Crippen LogP contribution in [-0.4, -0.2) is 55.1 Å². The molecule has 0 unspecified atom stereocenters. The van der Waals surface area contributed by atoms with Gasteiger partial charge in [0.2, 0.25) is 21.9 Å². The summed E-state index contributed by atoms with van der Waals surface area (Å²) in [6.45, 7) is 2.63. The highest BCUT2D eigenvalue weighted by Crippen LogP contribution is 2.24. The number of methoxy groups -OCH3 is 1. The number of aryl methyl sites for hydroxylation is 1. The molecule has 4 rings (SSSR count). The molecule has 1 aromatic heterocycles. The lowest BCUT2D eigenvalue weighted by Gasteiger charge is -2.29. The number of anilines is 5. The van der Waals surface area contributed by atoms with Crippen LogP contribution in [0, 0.1) is 12.8 Å². The average molecular weight is 511 g/mol. The number of carbonyl (C=O) groups is 1. The van der Waals surface area contributed by atoms with Crippen molar-refractivity contribution >= 4 is 44.8 Å². The van der Waals surface area contributed by atoms with Gasteiger partial charge in [0.1, 0.15) is 11.6 Å². The lowest BCUT2D eigenvalue weighted by atomic mass is 9.97. The topological polar surface area (TPSA) is 126 Å². The van der Waals surface area contributed by atoms with E-state index in [1.54, 1.807) is 19.2 Å². The Kier molecular flexibility index (Phi) is 7.70. The van der Waals surface area contributed by atoms with Crippen molar-refractivity contribution in [2.24, 2.45) is 5.92 Å². The minimum Gasteiger partial charge on any atom is -0.497 e. The van der Waals surface area contributed by atoms with Gasteiger partial charge in [-0.05, 0) is 68.3 Å². The Morgan fingerprint density at radius 2 is 1.53 bits per heavy atom. The van der Waals surface area contributed by atoms with Crippen molar-refractivity contribution in [1.29, 1.82) is 0 Å². The summed E-state index contributed by atoms with van der Waals surface area (Å²) in [5.74, 6) is 1.57. The molecule has 11 heteroatoms. The highest BCUT2D eigenvalue weighted by molar-refractivity contribution is 7.88. The number of ether oxygens (including phenoxy) is 1. The Hall–Kier alpha value is -3.70. The summed E-state index contributed by atoms with van der Waals surface area (Å²) in [6.07, 6.45) is 2.22. The van der Waals surface area contributed by atoms with Crippen molar-refractivity contribution in [2.45, 2.75) is 19.8 Å². The van der Waals surface area contributed by atoms with E-state index in [9.17, 15) is 13.2 Å². The summed E-state index contributed by atoms with van der Waals surface area (Å²) < 4.78 is 29.9. The van der Waals surface area contributed by atoms with Gasteiger partial charge in [0.25, 0.3) is 0 Å². The van der Waals surface area contributed by atoms with Crippen LogP contribution in [0.3, 0.4) is 0 Å². The van der Waals surface area contributed by atoms with Crippen LogP contribution in [0.2, 0.25) is 0 Å². The smallest absolute Gasteiger partial charge is 0.229 e. The molecule has 0 spiro atoms. The van der Waals surface area contributed by atoms with Gasteiger partial charge in [-0.15, -0.1) is 0 Å². The van der Waals surface area contributed by atoms with Crippen molar-refractivity contribution in [1.82, 2.24) is 14.3 Å². The molecular weight excluding hydrogens is 480 g/mol. The molecule has 1 aliphatic heterocycles. The van der Waals surface area contributed by atoms with Gasteiger partial charge in [-0.25, -0.2) is 17.7 Å². The van der Waals surface area contributed by atoms with Gasteiger partial charge in [0, 0.05) is 47.8 Å². The van der Waals surface area contributed by atoms with Crippen LogP contribution < -0.4 is 20.7 Å². The van der Waals surface area contributed by atoms with Crippen LogP contribution in [0.4, 0.5) is 28.8 Å². The van der Waals surface area contributed by atoms with E-state index in [1.807, 2.05) is 49.4 Å². The number of hydrogen-bond donors (Lipinski definition) is 3. The second kappa shape index (κ2) is 10.9. The maximum absolute atomic E-state index is 12.6. The Labute approximate surface area is 211 Å². The number of rotatable bonds is 8. The van der Waals surface area contributed by atoms with E-state index < -0.39 is 10.0 Å². The third-order valence-electron chi connectivity index (χ3n) is 5.92. The third kappa shape index (κ3) is 6.70. The SMILES string of the molecule is COc1ccc(Nc2cc(C)nc(Nc3ccc(NC(=O)C4CCN(S(C)(=O)=O)CC4)cc3)n2)cc1. The van der Waals surface area contributed by atoms with Gasteiger partial charge in [-0.1, -0.05) is 0 Å². The molecule has 0 bridgehead atoms. The molecule has 1 aliphatic rings. The van der Waals surface area contributed by atoms with Gasteiger partial charge in [-0.2, -0.15) is 4.98 Å². The first-order chi connectivity index (χ1) is 17.2. The van der Waals surface area contributed by atoms with Crippen LogP contribution in [0.5, 0.6) is 5.75 Å². The maximum Gasteiger partial charge on any atom is 0.229 e. The summed E-state index contributed by atoms with van der Waals surface area (Å²) in [6, 6.07) is 16.7. The minimum absolute atomic E-state index is 0.0971. The largest absolute Gasteiger partial charge is 0.497 e. The zero-order chi connectivity index (χ0) is 25.7. The molecule has 2 aromatic carbocycles. The molecule has 190 valence electrons. The predicted octanol–water partition coefficient (Wildman–Crippen LogP) is 3.89. The minimum atomic E-state index is -3.21. The first kappa shape index (κ1) is 25.4. The average Bonchev–Trinajstić information content (AvgIpc) is 2.85. The number of amides is 1. The Bertz CT molecular complexity index is 1310. The Balaban J connectivity index is 1.34. The van der Waals surface area contributed by atoms with Gasteiger partial charge in [-0.3, -0.25) is 4.79 Å². The van der Waals surface area contributed by atoms with Crippen LogP contribution in [0.15, 0.2) is 54.6 Å². The zero-order valence-electron chi connectivity index (χ0n) is 20.5. The lowest BCUT2D eigenvalue weighted by Crippen LogP contribution is -2.40. The van der Waals surface area contributed by atoms with Crippen LogP contribution in [0.25, 0.3) is 0 Å². The van der Waals surface area contributed by atoms with Gasteiger partial charge in [0.15, 0.2) is 0 Å². The van der Waals surface area contributed by atoms with E-state index in [4.69, 9.17) is 4.74 Å². The van der Waals surface area contributed by atoms with Crippen molar-refractivity contribution in [3.63, 3.8) is 0 Å². The fourth-order valence-corrected chi connectivity index (χ4v) is 4.84. The molecule has 1 saturated heterocycles. The van der Waals surface area contributed by atoms with Crippen LogP contribution in [-0.2, 0) is 14.8 Å². The van der Waals surface area contributed by atoms with Gasteiger partial charge < -0.3 is 20.7 Å². The first-order valence-electron chi connectivity index (χ1n) is 11.6. The van der Waals surface area contributed by atoms with Gasteiger partial charge >= 0.3 is 0 Å². The predicted molar refractivity (Wildman–Crippen MR) is 141 cm³/mol. The van der Waals surface area contributed by atoms with Crippen molar-refractivity contribution < 1.29 is 17.9 Å². The Morgan fingerprint density at radius 1 is 0.944 bits per heavy atom. The molecule has 0 atom stereocenters. The van der Waals surface area contributed by atoms with Crippen molar-refractivity contribution in [3.05, 3.63) is 60.3 Å². The monoisotopic (exact) mass is 510 g/mol. The lowest BCUT2D eigenvalue weighted by molar-refractivity contribution is -0.120. The summed E-state index contributed by atoms with van der Waals surface area (Å²) >= 11 is 0. The van der Waals surface area contributed by atoms with E-state index in [0.717, 1.165) is 22.8 Å². The number of hydrogen-bond acceptors (Lipinski definition) is 8. The number of carbonyl (C=O) groups excluding carboxylic acids is 1. The third-order valence-corrected chi connectivity index (χ3v) is 7.22. The fraction of sp³-hybridized carbons (Fsp3) is 0.320. The highest BCUT2D eigenvalue weighted by Gasteiger charge is 2.28. The molecule has 1 fully saturated rings. The normalized spacial score (nSPS) is 14.8. The van der Waals surface area contributed by atoms with Crippen molar-refractivity contribution in [3.8, 4) is 5.75 Å². The molecule has 3 aromatic rings. The summed E-state index contributed by atoms with van der Waals surface area (Å²) in [5.41, 5.74) is 3.12.